The molecule has 0 bridgehead atoms. The number of nitrogens with zero attached hydrogens (tertiary/aromatic N) is 2. The van der Waals surface area contributed by atoms with E-state index in [9.17, 15) is 8.42 Å². The molecule has 0 saturated carbocycles. The van der Waals surface area contributed by atoms with Gasteiger partial charge in [-0.1, -0.05) is 12.1 Å². The lowest BCUT2D eigenvalue weighted by molar-refractivity contribution is 0.411. The Morgan fingerprint density at radius 3 is 2.86 bits per heavy atom. The Bertz CT molecular complexity index is 663. The van der Waals surface area contributed by atoms with Gasteiger partial charge in [-0.25, -0.2) is 13.1 Å². The lowest BCUT2D eigenvalue weighted by Crippen LogP contribution is -2.26. The number of rotatable bonds is 8. The highest BCUT2D eigenvalue weighted by molar-refractivity contribution is 7.89. The van der Waals surface area contributed by atoms with Gasteiger partial charge in [-0.3, -0.25) is 5.10 Å². The number of aryl methyl sites for hydroxylation is 1. The minimum Gasteiger partial charge on any atom is -0.364 e. The van der Waals surface area contributed by atoms with Crippen molar-refractivity contribution in [2.24, 2.45) is 0 Å². The van der Waals surface area contributed by atoms with Crippen LogP contribution in [0, 0.1) is 6.92 Å². The minimum absolute atomic E-state index is 0.0205. The summed E-state index contributed by atoms with van der Waals surface area (Å²) in [5.74, 6) is 0. The molecule has 0 fully saturated rings. The maximum absolute atomic E-state index is 12.3. The molecule has 0 unspecified atom stereocenters. The van der Waals surface area contributed by atoms with Crippen molar-refractivity contribution in [1.29, 1.82) is 0 Å². The Hall–Kier alpha value is -1.71. The zero-order chi connectivity index (χ0) is 15.3. The summed E-state index contributed by atoms with van der Waals surface area (Å²) in [6.45, 7) is 5.18. The fourth-order valence-electron chi connectivity index (χ4n) is 1.82. The van der Waals surface area contributed by atoms with Crippen molar-refractivity contribution in [1.82, 2.24) is 25.4 Å². The summed E-state index contributed by atoms with van der Waals surface area (Å²) in [6, 6.07) is 1.60. The molecule has 8 nitrogen and oxygen atoms in total. The molecule has 0 aliphatic rings. The summed E-state index contributed by atoms with van der Waals surface area (Å²) in [6.07, 6.45) is 2.37. The van der Waals surface area contributed by atoms with E-state index in [-0.39, 0.29) is 11.6 Å². The maximum Gasteiger partial charge on any atom is 0.260 e. The SMILES string of the molecule is CCCNCc1c(S(=O)(=O)NCc2ccon2)n[nH]c1C. The summed E-state index contributed by atoms with van der Waals surface area (Å²) in [5, 5.41) is 13.5. The van der Waals surface area contributed by atoms with Gasteiger partial charge in [-0.05, 0) is 19.9 Å². The second kappa shape index (κ2) is 6.83. The van der Waals surface area contributed by atoms with E-state index in [0.717, 1.165) is 18.7 Å². The topological polar surface area (TPSA) is 113 Å². The van der Waals surface area contributed by atoms with E-state index >= 15 is 0 Å². The molecule has 116 valence electrons. The highest BCUT2D eigenvalue weighted by Gasteiger charge is 2.23. The van der Waals surface area contributed by atoms with E-state index in [1.807, 2.05) is 6.92 Å². The molecule has 0 aromatic carbocycles. The molecule has 2 aromatic rings. The van der Waals surface area contributed by atoms with Crippen LogP contribution in [0.25, 0.3) is 0 Å². The predicted molar refractivity (Wildman–Crippen MR) is 75.9 cm³/mol. The average molecular weight is 313 g/mol. The van der Waals surface area contributed by atoms with Gasteiger partial charge in [0, 0.05) is 23.9 Å². The monoisotopic (exact) mass is 313 g/mol. The van der Waals surface area contributed by atoms with E-state index < -0.39 is 10.0 Å². The summed E-state index contributed by atoms with van der Waals surface area (Å²) in [5.41, 5.74) is 1.90. The molecule has 0 aliphatic carbocycles. The molecule has 9 heteroatoms. The Morgan fingerprint density at radius 2 is 2.19 bits per heavy atom. The fraction of sp³-hybridized carbons (Fsp3) is 0.500. The number of hydrogen-bond donors (Lipinski definition) is 3. The lowest BCUT2D eigenvalue weighted by Gasteiger charge is -2.07. The van der Waals surface area contributed by atoms with Crippen molar-refractivity contribution in [2.45, 2.75) is 38.4 Å². The van der Waals surface area contributed by atoms with Crippen molar-refractivity contribution in [3.63, 3.8) is 0 Å². The van der Waals surface area contributed by atoms with Gasteiger partial charge in [0.2, 0.25) is 0 Å². The first-order valence-electron chi connectivity index (χ1n) is 6.68. The first kappa shape index (κ1) is 15.7. The number of aromatic amines is 1. The van der Waals surface area contributed by atoms with Crippen LogP contribution in [0.4, 0.5) is 0 Å². The van der Waals surface area contributed by atoms with Gasteiger partial charge >= 0.3 is 0 Å². The molecular weight excluding hydrogens is 294 g/mol. The third-order valence-electron chi connectivity index (χ3n) is 2.95. The fourth-order valence-corrected chi connectivity index (χ4v) is 3.01. The molecule has 2 heterocycles. The van der Waals surface area contributed by atoms with E-state index in [2.05, 4.69) is 29.9 Å². The molecule has 21 heavy (non-hydrogen) atoms. The Kier molecular flexibility index (Phi) is 5.10. The molecule has 0 radical (unpaired) electrons. The van der Waals surface area contributed by atoms with Gasteiger partial charge in [0.05, 0.1) is 12.2 Å². The van der Waals surface area contributed by atoms with E-state index in [1.165, 1.54) is 6.26 Å². The standard InChI is InChI=1S/C12H19N5O3S/c1-3-5-13-8-11-9(2)15-16-12(11)21(18,19)14-7-10-4-6-20-17-10/h4,6,13-14H,3,5,7-8H2,1-2H3,(H,15,16). The number of sulfonamides is 1. The zero-order valence-electron chi connectivity index (χ0n) is 12.0. The van der Waals surface area contributed by atoms with Crippen molar-refractivity contribution >= 4 is 10.0 Å². The number of H-pyrrole nitrogens is 1. The van der Waals surface area contributed by atoms with E-state index in [0.29, 0.717) is 17.8 Å². The second-order valence-electron chi connectivity index (χ2n) is 4.62. The Labute approximate surface area is 123 Å². The first-order valence-corrected chi connectivity index (χ1v) is 8.16. The number of aromatic nitrogens is 3. The molecule has 2 rings (SSSR count). The normalized spacial score (nSPS) is 11.9. The number of nitrogens with one attached hydrogen (secondary N) is 3. The predicted octanol–water partition coefficient (Wildman–Crippen LogP) is 0.684. The third kappa shape index (κ3) is 3.90. The van der Waals surface area contributed by atoms with Crippen LogP contribution in [0.3, 0.4) is 0 Å². The highest BCUT2D eigenvalue weighted by Crippen LogP contribution is 2.16. The van der Waals surface area contributed by atoms with Crippen LogP contribution in [0.1, 0.15) is 30.3 Å². The summed E-state index contributed by atoms with van der Waals surface area (Å²) in [4.78, 5) is 0. The summed E-state index contributed by atoms with van der Waals surface area (Å²) >= 11 is 0. The largest absolute Gasteiger partial charge is 0.364 e. The van der Waals surface area contributed by atoms with Crippen molar-refractivity contribution in [2.75, 3.05) is 6.54 Å². The van der Waals surface area contributed by atoms with Gasteiger partial charge in [-0.15, -0.1) is 0 Å². The molecular formula is C12H19N5O3S. The summed E-state index contributed by atoms with van der Waals surface area (Å²) in [7, 11) is -3.70. The Balaban J connectivity index is 2.11. The maximum atomic E-state index is 12.3. The van der Waals surface area contributed by atoms with Gasteiger partial charge in [0.15, 0.2) is 5.03 Å². The smallest absolute Gasteiger partial charge is 0.260 e. The van der Waals surface area contributed by atoms with E-state index in [4.69, 9.17) is 0 Å². The van der Waals surface area contributed by atoms with E-state index in [1.54, 1.807) is 13.0 Å². The highest BCUT2D eigenvalue weighted by atomic mass is 32.2. The lowest BCUT2D eigenvalue weighted by atomic mass is 10.2. The van der Waals surface area contributed by atoms with Crippen LogP contribution >= 0.6 is 0 Å². The second-order valence-corrected chi connectivity index (χ2v) is 6.31. The number of hydrogen-bond acceptors (Lipinski definition) is 6. The molecule has 2 aromatic heterocycles. The molecule has 0 amide bonds. The minimum atomic E-state index is -3.70. The third-order valence-corrected chi connectivity index (χ3v) is 4.32. The molecule has 0 atom stereocenters. The van der Waals surface area contributed by atoms with Crippen LogP contribution < -0.4 is 10.0 Å². The average Bonchev–Trinajstić information content (AvgIpc) is 3.08. The van der Waals surface area contributed by atoms with Crippen LogP contribution in [-0.2, 0) is 23.1 Å². The first-order chi connectivity index (χ1) is 10.0. The van der Waals surface area contributed by atoms with Crippen molar-refractivity contribution < 1.29 is 12.9 Å². The van der Waals surface area contributed by atoms with Crippen LogP contribution in [0.15, 0.2) is 21.9 Å². The molecule has 0 saturated heterocycles. The van der Waals surface area contributed by atoms with Crippen LogP contribution in [0.5, 0.6) is 0 Å². The Morgan fingerprint density at radius 1 is 1.38 bits per heavy atom. The van der Waals surface area contributed by atoms with Crippen LogP contribution in [-0.4, -0.2) is 30.3 Å². The zero-order valence-corrected chi connectivity index (χ0v) is 12.8. The van der Waals surface area contributed by atoms with Crippen molar-refractivity contribution in [3.8, 4) is 0 Å². The van der Waals surface area contributed by atoms with Gasteiger partial charge in [0.1, 0.15) is 6.26 Å². The van der Waals surface area contributed by atoms with Gasteiger partial charge in [0.25, 0.3) is 10.0 Å². The van der Waals surface area contributed by atoms with Gasteiger partial charge < -0.3 is 9.84 Å². The van der Waals surface area contributed by atoms with Gasteiger partial charge in [-0.2, -0.15) is 5.10 Å². The molecule has 0 aliphatic heterocycles. The molecule has 0 spiro atoms. The van der Waals surface area contributed by atoms with Crippen molar-refractivity contribution in [3.05, 3.63) is 29.3 Å². The van der Waals surface area contributed by atoms with Crippen LogP contribution in [0.2, 0.25) is 0 Å². The molecule has 3 N–H and O–H groups in total. The quantitative estimate of drug-likeness (QED) is 0.618. The summed E-state index contributed by atoms with van der Waals surface area (Å²) < 4.78 is 31.8.